The first-order valence-electron chi connectivity index (χ1n) is 14.8. The smallest absolute Gasteiger partial charge is 0.294 e. The van der Waals surface area contributed by atoms with Crippen LogP contribution in [0.4, 0.5) is 0 Å². The number of hydrogen-bond donors (Lipinski definition) is 4. The molecule has 0 atom stereocenters. The van der Waals surface area contributed by atoms with Crippen molar-refractivity contribution in [2.24, 2.45) is 0 Å². The SMILES string of the molecule is C=c1[nH]n(-c2ccc(S(=O)(=O)O)cc2)c(=O)c1=Cc1ccc(OCOc2ccc(C=c3c(=C)[nH]n(-c4ccc(S(=O)(=O)O)cc4)c3=O)cc2)cc1. The van der Waals surface area contributed by atoms with Crippen molar-refractivity contribution < 1.29 is 35.4 Å². The number of nitrogens with one attached hydrogen (secondary N) is 2. The molecule has 0 saturated carbocycles. The summed E-state index contributed by atoms with van der Waals surface area (Å²) in [4.78, 5) is 25.5. The molecule has 4 N–H and O–H groups in total. The van der Waals surface area contributed by atoms with Crippen LogP contribution in [0.25, 0.3) is 36.7 Å². The van der Waals surface area contributed by atoms with Gasteiger partial charge in [-0.2, -0.15) is 16.8 Å². The number of aromatic amines is 2. The maximum atomic E-state index is 13.1. The predicted molar refractivity (Wildman–Crippen MR) is 188 cm³/mol. The van der Waals surface area contributed by atoms with Gasteiger partial charge in [0, 0.05) is 0 Å². The van der Waals surface area contributed by atoms with Gasteiger partial charge in [-0.1, -0.05) is 37.4 Å². The molecule has 0 aliphatic heterocycles. The minimum atomic E-state index is -4.37. The monoisotopic (exact) mass is 728 g/mol. The highest BCUT2D eigenvalue weighted by Gasteiger charge is 2.12. The Morgan fingerprint density at radius 3 is 1.22 bits per heavy atom. The van der Waals surface area contributed by atoms with Gasteiger partial charge in [0.15, 0.2) is 0 Å². The number of hydrogen-bond acceptors (Lipinski definition) is 8. The van der Waals surface area contributed by atoms with Gasteiger partial charge in [0.05, 0.1) is 42.3 Å². The molecule has 14 nitrogen and oxygen atoms in total. The van der Waals surface area contributed by atoms with Gasteiger partial charge in [-0.15, -0.1) is 0 Å². The molecule has 0 unspecified atom stereocenters. The molecular weight excluding hydrogens is 701 g/mol. The average Bonchev–Trinajstić information content (AvgIpc) is 3.54. The van der Waals surface area contributed by atoms with Crippen LogP contribution >= 0.6 is 0 Å². The molecule has 6 aromatic rings. The van der Waals surface area contributed by atoms with Crippen molar-refractivity contribution in [1.82, 2.24) is 19.6 Å². The third kappa shape index (κ3) is 7.68. The first-order valence-corrected chi connectivity index (χ1v) is 17.7. The Morgan fingerprint density at radius 1 is 0.569 bits per heavy atom. The Hall–Kier alpha value is -6.20. The minimum absolute atomic E-state index is 0.101. The number of benzene rings is 4. The number of rotatable bonds is 10. The zero-order valence-electron chi connectivity index (χ0n) is 26.4. The van der Waals surface area contributed by atoms with E-state index in [0.29, 0.717) is 55.1 Å². The lowest BCUT2D eigenvalue weighted by atomic mass is 10.2. The average molecular weight is 729 g/mol. The molecule has 2 aromatic heterocycles. The van der Waals surface area contributed by atoms with Gasteiger partial charge < -0.3 is 9.47 Å². The first-order chi connectivity index (χ1) is 24.2. The van der Waals surface area contributed by atoms with Crippen molar-refractivity contribution >= 4 is 45.5 Å². The highest BCUT2D eigenvalue weighted by atomic mass is 32.2. The Kier molecular flexibility index (Phi) is 9.24. The maximum Gasteiger partial charge on any atom is 0.294 e. The van der Waals surface area contributed by atoms with Crippen molar-refractivity contribution in [2.45, 2.75) is 9.79 Å². The van der Waals surface area contributed by atoms with Crippen LogP contribution in [0.15, 0.2) is 116 Å². The van der Waals surface area contributed by atoms with E-state index in [-0.39, 0.29) is 16.6 Å². The van der Waals surface area contributed by atoms with E-state index < -0.39 is 31.4 Å². The van der Waals surface area contributed by atoms with Crippen LogP contribution in [0.5, 0.6) is 11.5 Å². The minimum Gasteiger partial charge on any atom is -0.458 e. The quantitative estimate of drug-likeness (QED) is 0.117. The molecule has 51 heavy (non-hydrogen) atoms. The van der Waals surface area contributed by atoms with E-state index in [1.54, 1.807) is 60.7 Å². The van der Waals surface area contributed by atoms with Gasteiger partial charge in [-0.3, -0.25) is 28.9 Å². The van der Waals surface area contributed by atoms with Crippen LogP contribution < -0.4 is 41.7 Å². The Morgan fingerprint density at radius 2 is 0.902 bits per heavy atom. The molecule has 0 saturated heterocycles. The summed E-state index contributed by atoms with van der Waals surface area (Å²) in [5.74, 6) is 1.02. The lowest BCUT2D eigenvalue weighted by Crippen LogP contribution is -2.33. The van der Waals surface area contributed by atoms with Crippen molar-refractivity contribution in [3.63, 3.8) is 0 Å². The number of H-pyrrole nitrogens is 2. The summed E-state index contributed by atoms with van der Waals surface area (Å²) in [6.45, 7) is 7.69. The molecule has 0 amide bonds. The standard InChI is InChI=1S/C35H28N4O10S2/c1-22-32(34(40)38(36-22)26-7-15-30(16-8-26)50(42,43)44)19-24-3-11-28(12-4-24)48-21-49-29-13-5-25(6-14-29)20-33-23(2)37-39(35(33)41)27-9-17-31(18-10-27)51(45,46)47/h3-20,36-37H,1-2,21H2,(H,42,43,44)(H,45,46,47). The third-order valence-electron chi connectivity index (χ3n) is 7.63. The van der Waals surface area contributed by atoms with Gasteiger partial charge in [0.25, 0.3) is 31.4 Å². The molecule has 0 aliphatic rings. The molecule has 4 aromatic carbocycles. The molecule has 260 valence electrons. The fraction of sp³-hybridized carbons (Fsp3) is 0.0286. The summed E-state index contributed by atoms with van der Waals surface area (Å²) >= 11 is 0. The maximum absolute atomic E-state index is 13.1. The summed E-state index contributed by atoms with van der Waals surface area (Å²) in [5, 5.41) is 7.01. The van der Waals surface area contributed by atoms with Crippen molar-refractivity contribution in [1.29, 1.82) is 0 Å². The molecule has 0 fully saturated rings. The lowest BCUT2D eigenvalue weighted by Gasteiger charge is -2.09. The second kappa shape index (κ2) is 13.6. The fourth-order valence-electron chi connectivity index (χ4n) is 5.01. The van der Waals surface area contributed by atoms with Crippen LogP contribution in [-0.2, 0) is 20.2 Å². The van der Waals surface area contributed by atoms with Gasteiger partial charge in [-0.05, 0) is 96.1 Å². The second-order valence-electron chi connectivity index (χ2n) is 11.1. The van der Waals surface area contributed by atoms with Gasteiger partial charge in [-0.25, -0.2) is 9.36 Å². The Balaban J connectivity index is 1.09. The van der Waals surface area contributed by atoms with Crippen LogP contribution in [0.2, 0.25) is 0 Å². The largest absolute Gasteiger partial charge is 0.458 e. The molecule has 0 bridgehead atoms. The summed E-state index contributed by atoms with van der Waals surface area (Å²) < 4.78 is 77.5. The third-order valence-corrected chi connectivity index (χ3v) is 9.37. The molecular formula is C35H28N4O10S2. The van der Waals surface area contributed by atoms with Crippen LogP contribution in [0.1, 0.15) is 11.1 Å². The number of aromatic nitrogens is 4. The van der Waals surface area contributed by atoms with E-state index in [1.807, 2.05) is 0 Å². The molecule has 2 heterocycles. The molecule has 0 spiro atoms. The van der Waals surface area contributed by atoms with Gasteiger partial charge in [0.1, 0.15) is 11.5 Å². The zero-order chi connectivity index (χ0) is 36.5. The zero-order valence-corrected chi connectivity index (χ0v) is 28.0. The van der Waals surface area contributed by atoms with Crippen LogP contribution in [-0.4, -0.2) is 52.3 Å². The highest BCUT2D eigenvalue weighted by molar-refractivity contribution is 7.86. The molecule has 0 aliphatic carbocycles. The molecule has 16 heteroatoms. The van der Waals surface area contributed by atoms with Crippen LogP contribution in [0, 0.1) is 0 Å². The van der Waals surface area contributed by atoms with Crippen LogP contribution in [0.3, 0.4) is 0 Å². The van der Waals surface area contributed by atoms with E-state index in [9.17, 15) is 35.5 Å². The van der Waals surface area contributed by atoms with E-state index >= 15 is 0 Å². The van der Waals surface area contributed by atoms with E-state index in [0.717, 1.165) is 0 Å². The molecule has 0 radical (unpaired) electrons. The topological polar surface area (TPSA) is 203 Å². The van der Waals surface area contributed by atoms with E-state index in [2.05, 4.69) is 23.4 Å². The number of nitrogens with zero attached hydrogens (tertiary/aromatic N) is 2. The second-order valence-corrected chi connectivity index (χ2v) is 13.9. The number of ether oxygens (including phenoxy) is 2. The normalized spacial score (nSPS) is 12.7. The summed E-state index contributed by atoms with van der Waals surface area (Å²) in [5.41, 5.74) is 1.30. The fourth-order valence-corrected chi connectivity index (χ4v) is 5.97. The van der Waals surface area contributed by atoms with E-state index in [1.165, 1.54) is 57.9 Å². The summed E-state index contributed by atoms with van der Waals surface area (Å²) in [6.07, 6.45) is 3.29. The molecule has 6 rings (SSSR count). The Labute approximate surface area is 289 Å². The highest BCUT2D eigenvalue weighted by Crippen LogP contribution is 2.16. The predicted octanol–water partition coefficient (Wildman–Crippen LogP) is 1.03. The van der Waals surface area contributed by atoms with Gasteiger partial charge in [0.2, 0.25) is 6.79 Å². The lowest BCUT2D eigenvalue weighted by molar-refractivity contribution is 0.120. The van der Waals surface area contributed by atoms with Gasteiger partial charge >= 0.3 is 0 Å². The van der Waals surface area contributed by atoms with Crippen molar-refractivity contribution in [2.75, 3.05) is 6.79 Å². The van der Waals surface area contributed by atoms with E-state index in [4.69, 9.17) is 9.47 Å². The first kappa shape index (κ1) is 34.7. The van der Waals surface area contributed by atoms with Crippen molar-refractivity contribution in [3.8, 4) is 22.9 Å². The summed E-state index contributed by atoms with van der Waals surface area (Å²) in [7, 11) is -8.73. The Bertz CT molecular complexity index is 2620. The van der Waals surface area contributed by atoms with Crippen molar-refractivity contribution in [3.05, 3.63) is 150 Å². The summed E-state index contributed by atoms with van der Waals surface area (Å²) in [6, 6.07) is 24.1.